The van der Waals surface area contributed by atoms with Crippen LogP contribution in [0, 0.1) is 5.92 Å². The number of likely N-dealkylation sites (tertiary alicyclic amines) is 1. The minimum Gasteiger partial charge on any atom is -0.369 e. The summed E-state index contributed by atoms with van der Waals surface area (Å²) in [6.07, 6.45) is 3.96. The van der Waals surface area contributed by atoms with Crippen LogP contribution in [0.25, 0.3) is 0 Å². The largest absolute Gasteiger partial charge is 0.369 e. The van der Waals surface area contributed by atoms with Crippen molar-refractivity contribution < 1.29 is 4.79 Å². The van der Waals surface area contributed by atoms with Gasteiger partial charge >= 0.3 is 0 Å². The second-order valence-corrected chi connectivity index (χ2v) is 7.88. The molecule has 1 aliphatic rings. The van der Waals surface area contributed by atoms with E-state index in [1.807, 2.05) is 24.3 Å². The van der Waals surface area contributed by atoms with Gasteiger partial charge in [-0.25, -0.2) is 0 Å². The highest BCUT2D eigenvalue weighted by atomic mass is 127. The Labute approximate surface area is 197 Å². The second kappa shape index (κ2) is 14.0. The molecule has 2 rings (SSSR count). The summed E-state index contributed by atoms with van der Waals surface area (Å²) in [5, 5.41) is 4.12. The van der Waals surface area contributed by atoms with Gasteiger partial charge in [0.05, 0.1) is 0 Å². The van der Waals surface area contributed by atoms with Gasteiger partial charge in [0.25, 0.3) is 0 Å². The summed E-state index contributed by atoms with van der Waals surface area (Å²) >= 11 is 5.96. The summed E-state index contributed by atoms with van der Waals surface area (Å²) in [6, 6.07) is 7.93. The smallest absolute Gasteiger partial charge is 0.220 e. The first-order valence-corrected chi connectivity index (χ1v) is 10.6. The van der Waals surface area contributed by atoms with Crippen LogP contribution in [0.5, 0.6) is 0 Å². The number of primary amides is 1. The summed E-state index contributed by atoms with van der Waals surface area (Å²) in [5.74, 6) is 0.854. The third kappa shape index (κ3) is 9.53. The third-order valence-corrected chi connectivity index (χ3v) is 5.42. The highest BCUT2D eigenvalue weighted by molar-refractivity contribution is 14.0. The Morgan fingerprint density at radius 2 is 1.93 bits per heavy atom. The fraction of sp³-hybridized carbons (Fsp3) is 0.619. The molecule has 1 amide bonds. The Kier molecular flexibility index (Phi) is 12.6. The van der Waals surface area contributed by atoms with Crippen molar-refractivity contribution in [3.05, 3.63) is 34.9 Å². The summed E-state index contributed by atoms with van der Waals surface area (Å²) in [5.41, 5.74) is 6.60. The lowest BCUT2D eigenvalue weighted by molar-refractivity contribution is -0.123. The maximum absolute atomic E-state index is 11.2. The van der Waals surface area contributed by atoms with Gasteiger partial charge in [0.2, 0.25) is 5.91 Å². The first-order valence-electron chi connectivity index (χ1n) is 10.2. The number of unbranched alkanes of at least 4 members (excludes halogenated alkanes) is 1. The first kappa shape index (κ1) is 26.0. The first-order chi connectivity index (χ1) is 13.5. The van der Waals surface area contributed by atoms with Gasteiger partial charge in [0.1, 0.15) is 0 Å². The molecule has 29 heavy (non-hydrogen) atoms. The monoisotopic (exact) mass is 535 g/mol. The quantitative estimate of drug-likeness (QED) is 0.220. The molecule has 3 N–H and O–H groups in total. The van der Waals surface area contributed by atoms with Crippen molar-refractivity contribution in [2.75, 3.05) is 39.8 Å². The maximum atomic E-state index is 11.2. The molecule has 1 heterocycles. The number of rotatable bonds is 9. The van der Waals surface area contributed by atoms with E-state index in [1.54, 1.807) is 0 Å². The average molecular weight is 536 g/mol. The van der Waals surface area contributed by atoms with Crippen molar-refractivity contribution in [2.45, 2.75) is 39.2 Å². The number of nitrogens with zero attached hydrogens (tertiary/aromatic N) is 3. The molecule has 0 bridgehead atoms. The Balaban J connectivity index is 0.00000420. The zero-order valence-electron chi connectivity index (χ0n) is 17.6. The molecule has 164 valence electrons. The predicted molar refractivity (Wildman–Crippen MR) is 132 cm³/mol. The summed E-state index contributed by atoms with van der Waals surface area (Å²) < 4.78 is 0. The van der Waals surface area contributed by atoms with Crippen LogP contribution >= 0.6 is 35.6 Å². The maximum Gasteiger partial charge on any atom is 0.220 e. The predicted octanol–water partition coefficient (Wildman–Crippen LogP) is 3.33. The molecule has 1 fully saturated rings. The number of halogens is 2. The summed E-state index contributed by atoms with van der Waals surface area (Å²) in [7, 11) is 2.05. The van der Waals surface area contributed by atoms with E-state index in [0.717, 1.165) is 75.9 Å². The molecule has 0 unspecified atom stereocenters. The van der Waals surface area contributed by atoms with Gasteiger partial charge in [-0.1, -0.05) is 23.7 Å². The minimum atomic E-state index is -0.146. The number of piperidine rings is 1. The zero-order chi connectivity index (χ0) is 20.4. The van der Waals surface area contributed by atoms with Crippen molar-refractivity contribution in [3.63, 3.8) is 0 Å². The van der Waals surface area contributed by atoms with Crippen LogP contribution in [0.2, 0.25) is 5.02 Å². The highest BCUT2D eigenvalue weighted by Crippen LogP contribution is 2.17. The molecule has 0 aliphatic carbocycles. The molecular weight excluding hydrogens is 501 g/mol. The number of hydrogen-bond donors (Lipinski definition) is 2. The fourth-order valence-electron chi connectivity index (χ4n) is 3.48. The van der Waals surface area contributed by atoms with Gasteiger partial charge in [-0.2, -0.15) is 0 Å². The Morgan fingerprint density at radius 1 is 1.28 bits per heavy atom. The van der Waals surface area contributed by atoms with E-state index >= 15 is 0 Å². The lowest BCUT2D eigenvalue weighted by Crippen LogP contribution is -2.39. The Hall–Kier alpha value is -1.06. The van der Waals surface area contributed by atoms with Crippen LogP contribution in [-0.2, 0) is 11.3 Å². The lowest BCUT2D eigenvalue weighted by Gasteiger charge is -2.30. The molecule has 8 heteroatoms. The second-order valence-electron chi connectivity index (χ2n) is 7.44. The van der Waals surface area contributed by atoms with Crippen LogP contribution in [-0.4, -0.2) is 61.4 Å². The molecule has 0 spiro atoms. The van der Waals surface area contributed by atoms with Gasteiger partial charge in [-0.15, -0.1) is 24.0 Å². The van der Waals surface area contributed by atoms with Crippen LogP contribution < -0.4 is 11.1 Å². The summed E-state index contributed by atoms with van der Waals surface area (Å²) in [4.78, 5) is 20.6. The van der Waals surface area contributed by atoms with E-state index in [1.165, 1.54) is 5.56 Å². The number of nitrogens with two attached hydrogens (primary N) is 1. The molecule has 0 aromatic heterocycles. The van der Waals surface area contributed by atoms with Crippen molar-refractivity contribution >= 4 is 47.4 Å². The van der Waals surface area contributed by atoms with Gasteiger partial charge in [-0.3, -0.25) is 9.79 Å². The molecule has 1 aromatic carbocycles. The molecule has 0 radical (unpaired) electrons. The van der Waals surface area contributed by atoms with E-state index in [2.05, 4.69) is 29.1 Å². The van der Waals surface area contributed by atoms with Crippen molar-refractivity contribution in [2.24, 2.45) is 16.6 Å². The number of benzene rings is 1. The van der Waals surface area contributed by atoms with E-state index in [-0.39, 0.29) is 35.8 Å². The molecular formula is C21H35ClIN5O. The number of amides is 1. The van der Waals surface area contributed by atoms with Gasteiger partial charge in [0.15, 0.2) is 5.96 Å². The zero-order valence-corrected chi connectivity index (χ0v) is 20.7. The molecule has 1 aromatic rings. The Bertz CT molecular complexity index is 632. The number of hydrogen-bond acceptors (Lipinski definition) is 3. The van der Waals surface area contributed by atoms with Crippen LogP contribution in [0.4, 0.5) is 0 Å². The van der Waals surface area contributed by atoms with E-state index in [0.29, 0.717) is 0 Å². The van der Waals surface area contributed by atoms with E-state index in [9.17, 15) is 4.79 Å². The van der Waals surface area contributed by atoms with Crippen molar-refractivity contribution in [1.29, 1.82) is 0 Å². The lowest BCUT2D eigenvalue weighted by atomic mass is 9.96. The SMILES string of the molecule is CCNC(=NCCCCN1CCC(C(N)=O)CC1)N(C)Cc1ccc(Cl)cc1.I. The number of guanidine groups is 1. The topological polar surface area (TPSA) is 74.0 Å². The minimum absolute atomic E-state index is 0. The van der Waals surface area contributed by atoms with E-state index in [4.69, 9.17) is 22.3 Å². The van der Waals surface area contributed by atoms with Crippen molar-refractivity contribution in [1.82, 2.24) is 15.1 Å². The van der Waals surface area contributed by atoms with Gasteiger partial charge in [0, 0.05) is 37.6 Å². The normalized spacial score (nSPS) is 15.6. The molecule has 0 saturated carbocycles. The van der Waals surface area contributed by atoms with Crippen molar-refractivity contribution in [3.8, 4) is 0 Å². The fourth-order valence-corrected chi connectivity index (χ4v) is 3.61. The van der Waals surface area contributed by atoms with Gasteiger partial charge in [-0.05, 0) is 69.9 Å². The summed E-state index contributed by atoms with van der Waals surface area (Å²) in [6.45, 7) is 7.55. The average Bonchev–Trinajstić information content (AvgIpc) is 2.69. The number of nitrogens with one attached hydrogen (secondary N) is 1. The standard InChI is InChI=1S/C21H34ClN5O.HI/c1-3-24-21(26(2)16-17-6-8-19(22)9-7-17)25-12-4-5-13-27-14-10-18(11-15-27)20(23)28;/h6-9,18H,3-5,10-16H2,1-2H3,(H2,23,28)(H,24,25);1H. The Morgan fingerprint density at radius 3 is 2.52 bits per heavy atom. The van der Waals surface area contributed by atoms with Gasteiger partial charge < -0.3 is 20.9 Å². The number of aliphatic imine (C=N–C) groups is 1. The van der Waals surface area contributed by atoms with E-state index < -0.39 is 0 Å². The van der Waals surface area contributed by atoms with Crippen LogP contribution in [0.3, 0.4) is 0 Å². The molecule has 1 aliphatic heterocycles. The molecule has 1 saturated heterocycles. The molecule has 0 atom stereocenters. The number of carbonyl (C=O) groups is 1. The third-order valence-electron chi connectivity index (χ3n) is 5.16. The number of carbonyl (C=O) groups excluding carboxylic acids is 1. The van der Waals surface area contributed by atoms with Crippen LogP contribution in [0.1, 0.15) is 38.2 Å². The molecule has 6 nitrogen and oxygen atoms in total. The van der Waals surface area contributed by atoms with Crippen LogP contribution in [0.15, 0.2) is 29.3 Å². The highest BCUT2D eigenvalue weighted by Gasteiger charge is 2.22.